The molecule has 2 aromatic carbocycles. The zero-order chi connectivity index (χ0) is 29.6. The third kappa shape index (κ3) is 7.81. The van der Waals surface area contributed by atoms with Gasteiger partial charge in [-0.3, -0.25) is 14.9 Å². The summed E-state index contributed by atoms with van der Waals surface area (Å²) in [6, 6.07) is 11.0. The van der Waals surface area contributed by atoms with Gasteiger partial charge in [0.05, 0.1) is 22.2 Å². The molecule has 3 N–H and O–H groups in total. The maximum atomic E-state index is 13.1. The van der Waals surface area contributed by atoms with Crippen LogP contribution in [0.5, 0.6) is 0 Å². The quantitative estimate of drug-likeness (QED) is 0.312. The molecule has 11 heteroatoms. The zero-order valence-corrected chi connectivity index (χ0v) is 23.8. The first-order chi connectivity index (χ1) is 18.8. The highest BCUT2D eigenvalue weighted by Crippen LogP contribution is 2.27. The molecular formula is C29H37N5O6. The van der Waals surface area contributed by atoms with Crippen molar-refractivity contribution in [1.82, 2.24) is 19.8 Å². The summed E-state index contributed by atoms with van der Waals surface area (Å²) in [5, 5.41) is 14.9. The summed E-state index contributed by atoms with van der Waals surface area (Å²) in [5.41, 5.74) is 1.17. The summed E-state index contributed by atoms with van der Waals surface area (Å²) >= 11 is 0. The van der Waals surface area contributed by atoms with Gasteiger partial charge in [0.15, 0.2) is 0 Å². The Bertz CT molecular complexity index is 1410. The third-order valence-corrected chi connectivity index (χ3v) is 6.04. The molecule has 3 rings (SSSR count). The fraction of sp³-hybridized carbons (Fsp3) is 0.414. The number of hydrogen-bond acceptors (Lipinski definition) is 6. The third-order valence-electron chi connectivity index (χ3n) is 6.04. The number of aromatic carboxylic acids is 1. The number of benzene rings is 2. The molecule has 0 saturated carbocycles. The van der Waals surface area contributed by atoms with Gasteiger partial charge in [-0.15, -0.1) is 0 Å². The highest BCUT2D eigenvalue weighted by Gasteiger charge is 2.22. The highest BCUT2D eigenvalue weighted by molar-refractivity contribution is 6.08. The average molecular weight is 552 g/mol. The lowest BCUT2D eigenvalue weighted by Gasteiger charge is -2.20. The van der Waals surface area contributed by atoms with E-state index in [-0.39, 0.29) is 28.9 Å². The van der Waals surface area contributed by atoms with E-state index in [1.54, 1.807) is 53.1 Å². The van der Waals surface area contributed by atoms with Crippen molar-refractivity contribution in [3.8, 4) is 0 Å². The number of anilines is 1. The molecule has 0 fully saturated rings. The lowest BCUT2D eigenvalue weighted by molar-refractivity contribution is 0.0525. The number of nitrogens with one attached hydrogen (secondary N) is 2. The normalized spacial score (nSPS) is 12.1. The number of alkyl carbamates (subject to hydrolysis) is 1. The molecule has 0 radical (unpaired) electrons. The number of carboxylic acid groups (broad SMARTS) is 1. The van der Waals surface area contributed by atoms with Crippen LogP contribution in [-0.2, 0) is 11.3 Å². The summed E-state index contributed by atoms with van der Waals surface area (Å²) in [7, 11) is 3.33. The van der Waals surface area contributed by atoms with E-state index in [9.17, 15) is 24.3 Å². The van der Waals surface area contributed by atoms with E-state index in [1.807, 2.05) is 11.5 Å². The molecule has 1 heterocycles. The minimum absolute atomic E-state index is 0.00590. The topological polar surface area (TPSA) is 143 Å². The number of aromatic nitrogens is 2. The molecule has 1 unspecified atom stereocenters. The maximum Gasteiger partial charge on any atom is 0.407 e. The van der Waals surface area contributed by atoms with E-state index in [4.69, 9.17) is 4.74 Å². The first-order valence-corrected chi connectivity index (χ1v) is 13.1. The molecule has 0 aliphatic rings. The molecule has 40 heavy (non-hydrogen) atoms. The van der Waals surface area contributed by atoms with Crippen molar-refractivity contribution in [1.29, 1.82) is 0 Å². The number of hydrogen-bond donors (Lipinski definition) is 3. The number of carbonyl (C=O) groups is 4. The summed E-state index contributed by atoms with van der Waals surface area (Å²) in [6.07, 6.45) is 0.970. The van der Waals surface area contributed by atoms with Crippen LogP contribution in [-0.4, -0.2) is 69.7 Å². The number of ether oxygens (including phenoxy) is 1. The van der Waals surface area contributed by atoms with Gasteiger partial charge in [0.25, 0.3) is 11.8 Å². The molecule has 0 aliphatic heterocycles. The predicted octanol–water partition coefficient (Wildman–Crippen LogP) is 4.63. The van der Waals surface area contributed by atoms with Gasteiger partial charge < -0.3 is 24.6 Å². The van der Waals surface area contributed by atoms with Gasteiger partial charge in [-0.2, -0.15) is 0 Å². The molecule has 1 atom stereocenters. The smallest absolute Gasteiger partial charge is 0.407 e. The van der Waals surface area contributed by atoms with Crippen molar-refractivity contribution in [2.75, 3.05) is 26.0 Å². The van der Waals surface area contributed by atoms with Crippen molar-refractivity contribution in [3.05, 3.63) is 59.2 Å². The molecule has 0 spiro atoms. The van der Waals surface area contributed by atoms with Crippen LogP contribution in [0.1, 0.15) is 71.6 Å². The number of carboxylic acids is 1. The van der Waals surface area contributed by atoms with Crippen molar-refractivity contribution in [3.63, 3.8) is 0 Å². The Morgan fingerprint density at radius 1 is 1.07 bits per heavy atom. The van der Waals surface area contributed by atoms with Crippen LogP contribution in [0.15, 0.2) is 42.5 Å². The average Bonchev–Trinajstić information content (AvgIpc) is 3.21. The Labute approximate surface area is 233 Å². The van der Waals surface area contributed by atoms with Gasteiger partial charge >= 0.3 is 12.1 Å². The van der Waals surface area contributed by atoms with Crippen LogP contribution in [0.2, 0.25) is 0 Å². The van der Waals surface area contributed by atoms with Crippen molar-refractivity contribution in [2.24, 2.45) is 5.92 Å². The van der Waals surface area contributed by atoms with Crippen molar-refractivity contribution >= 4 is 40.9 Å². The van der Waals surface area contributed by atoms with Gasteiger partial charge in [0.2, 0.25) is 5.95 Å². The van der Waals surface area contributed by atoms with Gasteiger partial charge in [-0.1, -0.05) is 19.1 Å². The number of fused-ring (bicyclic) bond motifs is 1. The van der Waals surface area contributed by atoms with Crippen LogP contribution in [0.3, 0.4) is 0 Å². The second-order valence-corrected chi connectivity index (χ2v) is 10.9. The molecule has 0 saturated heterocycles. The second-order valence-electron chi connectivity index (χ2n) is 10.9. The number of imidazole rings is 1. The van der Waals surface area contributed by atoms with Crippen LogP contribution < -0.4 is 10.6 Å². The zero-order valence-electron chi connectivity index (χ0n) is 23.8. The maximum absolute atomic E-state index is 13.1. The Morgan fingerprint density at radius 3 is 2.40 bits per heavy atom. The molecule has 3 amide bonds. The minimum Gasteiger partial charge on any atom is -0.478 e. The van der Waals surface area contributed by atoms with E-state index >= 15 is 0 Å². The Kier molecular flexibility index (Phi) is 9.51. The molecule has 3 aromatic rings. The summed E-state index contributed by atoms with van der Waals surface area (Å²) in [6.45, 7) is 8.33. The van der Waals surface area contributed by atoms with Gasteiger partial charge in [0.1, 0.15) is 5.60 Å². The molecular weight excluding hydrogens is 514 g/mol. The van der Waals surface area contributed by atoms with Crippen molar-refractivity contribution < 1.29 is 29.0 Å². The van der Waals surface area contributed by atoms with E-state index in [0.29, 0.717) is 36.1 Å². The lowest BCUT2D eigenvalue weighted by Crippen LogP contribution is -2.33. The Hall–Kier alpha value is -4.41. The Morgan fingerprint density at radius 2 is 1.75 bits per heavy atom. The monoisotopic (exact) mass is 551 g/mol. The molecule has 214 valence electrons. The first kappa shape index (κ1) is 30.1. The molecule has 0 bridgehead atoms. The largest absolute Gasteiger partial charge is 0.478 e. The van der Waals surface area contributed by atoms with Crippen molar-refractivity contribution in [2.45, 2.75) is 52.7 Å². The SMILES string of the molecule is CC(CCCNC(=O)OC(C)(C)C)Cn1c(NC(=O)c2cccc(C(=O)O)c2)nc2cccc(C(=O)N(C)C)c21. The van der Waals surface area contributed by atoms with E-state index in [2.05, 4.69) is 15.6 Å². The fourth-order valence-corrected chi connectivity index (χ4v) is 4.20. The van der Waals surface area contributed by atoms with Gasteiger partial charge in [-0.25, -0.2) is 14.6 Å². The van der Waals surface area contributed by atoms with Crippen LogP contribution >= 0.6 is 0 Å². The molecule has 0 aliphatic carbocycles. The van der Waals surface area contributed by atoms with Gasteiger partial charge in [-0.05, 0) is 69.9 Å². The summed E-state index contributed by atoms with van der Waals surface area (Å²) in [5.74, 6) is -1.52. The van der Waals surface area contributed by atoms with Crippen LogP contribution in [0.25, 0.3) is 11.0 Å². The second kappa shape index (κ2) is 12.6. The highest BCUT2D eigenvalue weighted by atomic mass is 16.6. The number of rotatable bonds is 10. The number of amides is 3. The van der Waals surface area contributed by atoms with Crippen LogP contribution in [0.4, 0.5) is 10.7 Å². The van der Waals surface area contributed by atoms with E-state index < -0.39 is 23.6 Å². The number of para-hydroxylation sites is 1. The van der Waals surface area contributed by atoms with E-state index in [1.165, 1.54) is 29.2 Å². The van der Waals surface area contributed by atoms with Gasteiger partial charge in [0, 0.05) is 32.7 Å². The molecule has 1 aromatic heterocycles. The number of nitrogens with zero attached hydrogens (tertiary/aromatic N) is 3. The molecule has 11 nitrogen and oxygen atoms in total. The number of carbonyl (C=O) groups excluding carboxylic acids is 3. The standard InChI is InChI=1S/C29H37N5O6/c1-18(10-9-15-30-28(39)40-29(2,3)4)17-34-23-21(25(36)33(5)6)13-8-14-22(23)31-27(34)32-24(35)19-11-7-12-20(16-19)26(37)38/h7-8,11-14,16,18H,9-10,15,17H2,1-6H3,(H,30,39)(H,37,38)(H,31,32,35). The first-order valence-electron chi connectivity index (χ1n) is 13.1. The lowest BCUT2D eigenvalue weighted by atomic mass is 10.1. The summed E-state index contributed by atoms with van der Waals surface area (Å²) in [4.78, 5) is 55.5. The fourth-order valence-electron chi connectivity index (χ4n) is 4.20. The van der Waals surface area contributed by atoms with Crippen LogP contribution in [0, 0.1) is 5.92 Å². The van der Waals surface area contributed by atoms with E-state index in [0.717, 1.165) is 6.42 Å². The Balaban J connectivity index is 1.86. The minimum atomic E-state index is -1.14. The predicted molar refractivity (Wildman–Crippen MR) is 152 cm³/mol. The summed E-state index contributed by atoms with van der Waals surface area (Å²) < 4.78 is 7.09.